The Bertz CT molecular complexity index is 522. The Morgan fingerprint density at radius 3 is 2.57 bits per heavy atom. The summed E-state index contributed by atoms with van der Waals surface area (Å²) < 4.78 is 23.6. The molecule has 0 amide bonds. The van der Waals surface area contributed by atoms with Gasteiger partial charge in [-0.2, -0.15) is 0 Å². The normalized spacial score (nSPS) is 27.6. The maximum Gasteiger partial charge on any atom is 0.194 e. The highest BCUT2D eigenvalue weighted by Gasteiger charge is 2.41. The maximum absolute atomic E-state index is 12.1. The second kappa shape index (κ2) is 8.33. The van der Waals surface area contributed by atoms with Gasteiger partial charge in [0.05, 0.1) is 10.5 Å². The van der Waals surface area contributed by atoms with E-state index >= 15 is 0 Å². The van der Waals surface area contributed by atoms with Crippen LogP contribution in [-0.2, 0) is 9.84 Å². The van der Waals surface area contributed by atoms with Crippen molar-refractivity contribution < 1.29 is 8.42 Å². The predicted molar refractivity (Wildman–Crippen MR) is 106 cm³/mol. The smallest absolute Gasteiger partial charge is 0.194 e. The van der Waals surface area contributed by atoms with Crippen LogP contribution in [0.4, 0.5) is 0 Å². The summed E-state index contributed by atoms with van der Waals surface area (Å²) in [5, 5.41) is 3.32. The third-order valence-electron chi connectivity index (χ3n) is 4.67. The van der Waals surface area contributed by atoms with Crippen molar-refractivity contribution in [3.63, 3.8) is 0 Å². The van der Waals surface area contributed by atoms with E-state index in [1.165, 1.54) is 6.42 Å². The molecule has 2 heterocycles. The van der Waals surface area contributed by atoms with E-state index < -0.39 is 14.6 Å². The van der Waals surface area contributed by atoms with Crippen molar-refractivity contribution in [3.05, 3.63) is 0 Å². The highest BCUT2D eigenvalue weighted by atomic mass is 127. The second-order valence-corrected chi connectivity index (χ2v) is 9.85. The fourth-order valence-corrected chi connectivity index (χ4v) is 4.51. The van der Waals surface area contributed by atoms with Gasteiger partial charge in [-0.1, -0.05) is 0 Å². The number of aliphatic imine (C=N–C) groups is 1. The third kappa shape index (κ3) is 5.19. The molecule has 0 spiro atoms. The molecule has 1 unspecified atom stereocenters. The predicted octanol–water partition coefficient (Wildman–Crippen LogP) is 1.03. The monoisotopic (exact) mass is 458 g/mol. The van der Waals surface area contributed by atoms with Gasteiger partial charge in [0.1, 0.15) is 0 Å². The van der Waals surface area contributed by atoms with Crippen molar-refractivity contribution in [1.82, 2.24) is 15.1 Å². The van der Waals surface area contributed by atoms with Gasteiger partial charge >= 0.3 is 0 Å². The van der Waals surface area contributed by atoms with Crippen LogP contribution in [0.15, 0.2) is 4.99 Å². The minimum Gasteiger partial charge on any atom is -0.357 e. The van der Waals surface area contributed by atoms with E-state index in [4.69, 9.17) is 4.99 Å². The summed E-state index contributed by atoms with van der Waals surface area (Å²) >= 11 is 0. The van der Waals surface area contributed by atoms with Crippen LogP contribution >= 0.6 is 24.0 Å². The quantitative estimate of drug-likeness (QED) is 0.389. The zero-order valence-corrected chi connectivity index (χ0v) is 17.9. The van der Waals surface area contributed by atoms with Crippen LogP contribution < -0.4 is 5.32 Å². The number of sulfone groups is 1. The molecule has 2 saturated heterocycles. The van der Waals surface area contributed by atoms with Crippen molar-refractivity contribution in [3.8, 4) is 0 Å². The lowest BCUT2D eigenvalue weighted by Crippen LogP contribution is -2.57. The Hall–Kier alpha value is -0.0900. The summed E-state index contributed by atoms with van der Waals surface area (Å²) in [5.74, 6) is 1.68. The van der Waals surface area contributed by atoms with Crippen molar-refractivity contribution in [2.45, 2.75) is 31.9 Å². The van der Waals surface area contributed by atoms with Crippen molar-refractivity contribution in [2.75, 3.05) is 52.1 Å². The average molecular weight is 458 g/mol. The number of halogens is 1. The first-order chi connectivity index (χ1) is 10.2. The molecule has 0 aromatic heterocycles. The van der Waals surface area contributed by atoms with E-state index in [0.717, 1.165) is 32.1 Å². The molecule has 1 N–H and O–H groups in total. The van der Waals surface area contributed by atoms with E-state index in [1.54, 1.807) is 0 Å². The molecule has 136 valence electrons. The van der Waals surface area contributed by atoms with E-state index in [1.807, 2.05) is 20.8 Å². The third-order valence-corrected chi connectivity index (χ3v) is 7.20. The summed E-state index contributed by atoms with van der Waals surface area (Å²) in [4.78, 5) is 9.21. The topological polar surface area (TPSA) is 65.0 Å². The summed E-state index contributed by atoms with van der Waals surface area (Å²) in [6.07, 6.45) is 1.19. The van der Waals surface area contributed by atoms with E-state index in [9.17, 15) is 8.42 Å². The van der Waals surface area contributed by atoms with Gasteiger partial charge in [-0.05, 0) is 46.7 Å². The van der Waals surface area contributed by atoms with Crippen molar-refractivity contribution in [1.29, 1.82) is 0 Å². The first-order valence-electron chi connectivity index (χ1n) is 8.19. The molecular weight excluding hydrogens is 427 g/mol. The molecule has 6 nitrogen and oxygen atoms in total. The minimum absolute atomic E-state index is 0. The second-order valence-electron chi connectivity index (χ2n) is 7.11. The zero-order chi connectivity index (χ0) is 16.4. The van der Waals surface area contributed by atoms with Gasteiger partial charge in [0.15, 0.2) is 15.8 Å². The Labute approximate surface area is 158 Å². The first kappa shape index (κ1) is 21.0. The minimum atomic E-state index is -3.01. The van der Waals surface area contributed by atoms with E-state index in [0.29, 0.717) is 19.0 Å². The molecule has 1 atom stereocenters. The molecule has 23 heavy (non-hydrogen) atoms. The molecule has 0 aromatic carbocycles. The van der Waals surface area contributed by atoms with Crippen LogP contribution in [-0.4, -0.2) is 81.0 Å². The van der Waals surface area contributed by atoms with Gasteiger partial charge < -0.3 is 15.1 Å². The van der Waals surface area contributed by atoms with Crippen LogP contribution in [0.2, 0.25) is 0 Å². The van der Waals surface area contributed by atoms with Crippen LogP contribution in [0.3, 0.4) is 0 Å². The van der Waals surface area contributed by atoms with Gasteiger partial charge in [-0.25, -0.2) is 8.42 Å². The molecule has 8 heteroatoms. The first-order valence-corrected chi connectivity index (χ1v) is 9.84. The molecular formula is C15H31IN4O2S. The largest absolute Gasteiger partial charge is 0.357 e. The van der Waals surface area contributed by atoms with Crippen molar-refractivity contribution in [2.24, 2.45) is 10.9 Å². The van der Waals surface area contributed by atoms with E-state index in [2.05, 4.69) is 22.2 Å². The van der Waals surface area contributed by atoms with Crippen molar-refractivity contribution >= 4 is 39.8 Å². The van der Waals surface area contributed by atoms with Gasteiger partial charge in [0.25, 0.3) is 0 Å². The summed E-state index contributed by atoms with van der Waals surface area (Å²) in [6, 6.07) is 0. The molecule has 0 bridgehead atoms. The van der Waals surface area contributed by atoms with Crippen LogP contribution in [0.1, 0.15) is 27.2 Å². The van der Waals surface area contributed by atoms with Gasteiger partial charge in [0.2, 0.25) is 0 Å². The number of hydrogen-bond donors (Lipinski definition) is 1. The average Bonchev–Trinajstić information content (AvgIpc) is 2.84. The number of hydrogen-bond acceptors (Lipinski definition) is 4. The Kier molecular flexibility index (Phi) is 7.59. The van der Waals surface area contributed by atoms with Gasteiger partial charge in [0, 0.05) is 32.7 Å². The SMILES string of the molecule is CCNC(=NCC1CCN(C)C1)N1CCS(=O)(=O)C(C)(C)C1.I. The molecule has 0 radical (unpaired) electrons. The molecule has 2 aliphatic rings. The molecule has 0 saturated carbocycles. The van der Waals surface area contributed by atoms with Gasteiger partial charge in [-0.15, -0.1) is 24.0 Å². The number of guanidine groups is 1. The summed E-state index contributed by atoms with van der Waals surface area (Å²) in [7, 11) is -0.866. The fourth-order valence-electron chi connectivity index (χ4n) is 3.14. The molecule has 2 fully saturated rings. The Balaban J connectivity index is 0.00000264. The summed E-state index contributed by atoms with van der Waals surface area (Å²) in [6.45, 7) is 10.6. The maximum atomic E-state index is 12.1. The van der Waals surface area contributed by atoms with Crippen LogP contribution in [0.25, 0.3) is 0 Å². The van der Waals surface area contributed by atoms with Gasteiger partial charge in [-0.3, -0.25) is 4.99 Å². The number of nitrogens with zero attached hydrogens (tertiary/aromatic N) is 3. The fraction of sp³-hybridized carbons (Fsp3) is 0.933. The number of nitrogens with one attached hydrogen (secondary N) is 1. The molecule has 0 aliphatic carbocycles. The lowest BCUT2D eigenvalue weighted by atomic mass is 10.1. The van der Waals surface area contributed by atoms with Crippen LogP contribution in [0, 0.1) is 5.92 Å². The standard InChI is InChI=1S/C15H30N4O2S.HI/c1-5-16-14(17-10-13-6-7-18(4)11-13)19-8-9-22(20,21)15(2,3)12-19;/h13H,5-12H2,1-4H3,(H,16,17);1H. The number of likely N-dealkylation sites (tertiary alicyclic amines) is 1. The molecule has 2 aliphatic heterocycles. The lowest BCUT2D eigenvalue weighted by molar-refractivity contribution is 0.351. The van der Waals surface area contributed by atoms with E-state index in [-0.39, 0.29) is 29.7 Å². The Morgan fingerprint density at radius 2 is 2.04 bits per heavy atom. The molecule has 0 aromatic rings. The zero-order valence-electron chi connectivity index (χ0n) is 14.7. The van der Waals surface area contributed by atoms with Crippen LogP contribution in [0.5, 0.6) is 0 Å². The summed E-state index contributed by atoms with van der Waals surface area (Å²) in [5.41, 5.74) is 0. The highest BCUT2D eigenvalue weighted by molar-refractivity contribution is 14.0. The molecule has 2 rings (SSSR count). The lowest BCUT2D eigenvalue weighted by Gasteiger charge is -2.39. The Morgan fingerprint density at radius 1 is 1.35 bits per heavy atom. The number of rotatable bonds is 3. The highest BCUT2D eigenvalue weighted by Crippen LogP contribution is 2.24.